The lowest BCUT2D eigenvalue weighted by molar-refractivity contribution is -0.125. The van der Waals surface area contributed by atoms with Gasteiger partial charge in [0.05, 0.1) is 13.1 Å². The molecule has 0 spiro atoms. The van der Waals surface area contributed by atoms with E-state index in [1.807, 2.05) is 6.07 Å². The number of aromatic nitrogens is 2. The molecule has 96 valence electrons. The summed E-state index contributed by atoms with van der Waals surface area (Å²) in [4.78, 5) is 0. The molecule has 0 radical (unpaired) electrons. The van der Waals surface area contributed by atoms with Crippen molar-refractivity contribution in [3.8, 4) is 11.5 Å². The third-order valence-electron chi connectivity index (χ3n) is 2.09. The topological polar surface area (TPSA) is 51.0 Å². The van der Waals surface area contributed by atoms with E-state index in [-0.39, 0.29) is 12.4 Å². The van der Waals surface area contributed by atoms with Crippen molar-refractivity contribution in [2.75, 3.05) is 6.54 Å². The summed E-state index contributed by atoms with van der Waals surface area (Å²) in [6, 6.07) is 9.01. The second kappa shape index (κ2) is 5.18. The van der Waals surface area contributed by atoms with Crippen LogP contribution >= 0.6 is 0 Å². The van der Waals surface area contributed by atoms with Gasteiger partial charge in [0.1, 0.15) is 0 Å². The summed E-state index contributed by atoms with van der Waals surface area (Å²) in [5.74, 6) is 0.414. The quantitative estimate of drug-likeness (QED) is 0.913. The molecule has 4 nitrogen and oxygen atoms in total. The molecule has 0 amide bonds. The van der Waals surface area contributed by atoms with Crippen LogP contribution < -0.4 is 5.32 Å². The summed E-state index contributed by atoms with van der Waals surface area (Å²) in [5.41, 5.74) is 0.729. The molecule has 1 heterocycles. The van der Waals surface area contributed by atoms with Crippen LogP contribution in [0.1, 0.15) is 5.89 Å². The van der Waals surface area contributed by atoms with E-state index in [2.05, 4.69) is 15.5 Å². The predicted molar refractivity (Wildman–Crippen MR) is 57.5 cm³/mol. The highest BCUT2D eigenvalue weighted by Crippen LogP contribution is 2.17. The number of hydrogen-bond acceptors (Lipinski definition) is 4. The Bertz CT molecular complexity index is 496. The first-order valence-corrected chi connectivity index (χ1v) is 5.20. The first-order valence-electron chi connectivity index (χ1n) is 5.20. The third-order valence-corrected chi connectivity index (χ3v) is 2.09. The fourth-order valence-corrected chi connectivity index (χ4v) is 1.33. The molecule has 0 saturated carbocycles. The first-order chi connectivity index (χ1) is 8.54. The van der Waals surface area contributed by atoms with Crippen LogP contribution in [0.3, 0.4) is 0 Å². The lowest BCUT2D eigenvalue weighted by atomic mass is 10.2. The standard InChI is InChI=1S/C11H10F3N3O/c12-11(13,14)7-15-6-9-16-17-10(18-9)8-4-2-1-3-5-8/h1-5,15H,6-7H2. The molecule has 0 unspecified atom stereocenters. The van der Waals surface area contributed by atoms with E-state index < -0.39 is 12.7 Å². The predicted octanol–water partition coefficient (Wildman–Crippen LogP) is 2.39. The van der Waals surface area contributed by atoms with Gasteiger partial charge in [-0.2, -0.15) is 13.2 Å². The summed E-state index contributed by atoms with van der Waals surface area (Å²) in [7, 11) is 0. The van der Waals surface area contributed by atoms with Crippen molar-refractivity contribution in [1.82, 2.24) is 15.5 Å². The number of rotatable bonds is 4. The molecule has 18 heavy (non-hydrogen) atoms. The molecular formula is C11H10F3N3O. The molecule has 1 N–H and O–H groups in total. The van der Waals surface area contributed by atoms with Gasteiger partial charge in [-0.1, -0.05) is 18.2 Å². The number of nitrogens with one attached hydrogen (secondary N) is 1. The van der Waals surface area contributed by atoms with Crippen LogP contribution in [0.4, 0.5) is 13.2 Å². The van der Waals surface area contributed by atoms with Crippen molar-refractivity contribution in [1.29, 1.82) is 0 Å². The Labute approximate surface area is 101 Å². The lowest BCUT2D eigenvalue weighted by Gasteiger charge is -2.05. The fourth-order valence-electron chi connectivity index (χ4n) is 1.33. The zero-order valence-corrected chi connectivity index (χ0v) is 9.24. The van der Waals surface area contributed by atoms with E-state index in [1.165, 1.54) is 0 Å². The molecule has 0 aliphatic rings. The monoisotopic (exact) mass is 257 g/mol. The highest BCUT2D eigenvalue weighted by molar-refractivity contribution is 5.51. The summed E-state index contributed by atoms with van der Waals surface area (Å²) in [6.07, 6.45) is -4.25. The van der Waals surface area contributed by atoms with Crippen molar-refractivity contribution < 1.29 is 17.6 Å². The van der Waals surface area contributed by atoms with Crippen LogP contribution in [0, 0.1) is 0 Å². The molecule has 0 aliphatic carbocycles. The molecule has 0 fully saturated rings. The van der Waals surface area contributed by atoms with E-state index >= 15 is 0 Å². The Balaban J connectivity index is 1.95. The van der Waals surface area contributed by atoms with Crippen LogP contribution in [-0.4, -0.2) is 22.9 Å². The summed E-state index contributed by atoms with van der Waals surface area (Å²) >= 11 is 0. The average molecular weight is 257 g/mol. The normalized spacial score (nSPS) is 11.7. The molecule has 0 saturated heterocycles. The van der Waals surface area contributed by atoms with Crippen LogP contribution in [0.5, 0.6) is 0 Å². The maximum atomic E-state index is 11.9. The fraction of sp³-hybridized carbons (Fsp3) is 0.273. The molecule has 0 aliphatic heterocycles. The SMILES string of the molecule is FC(F)(F)CNCc1nnc(-c2ccccc2)o1. The molecule has 2 aromatic rings. The average Bonchev–Trinajstić information content (AvgIpc) is 2.77. The molecule has 0 atom stereocenters. The van der Waals surface area contributed by atoms with Crippen molar-refractivity contribution in [3.63, 3.8) is 0 Å². The van der Waals surface area contributed by atoms with Crippen molar-refractivity contribution in [2.45, 2.75) is 12.7 Å². The Hall–Kier alpha value is -1.89. The number of nitrogens with zero attached hydrogens (tertiary/aromatic N) is 2. The Kier molecular flexibility index (Phi) is 3.61. The van der Waals surface area contributed by atoms with Gasteiger partial charge in [0.2, 0.25) is 11.8 Å². The van der Waals surface area contributed by atoms with E-state index in [9.17, 15) is 13.2 Å². The van der Waals surface area contributed by atoms with Gasteiger partial charge in [-0.25, -0.2) is 0 Å². The first kappa shape index (κ1) is 12.6. The van der Waals surface area contributed by atoms with Crippen LogP contribution in [0.2, 0.25) is 0 Å². The van der Waals surface area contributed by atoms with Gasteiger partial charge in [0.25, 0.3) is 0 Å². The van der Waals surface area contributed by atoms with Crippen molar-refractivity contribution in [2.24, 2.45) is 0 Å². The molecule has 1 aromatic carbocycles. The van der Waals surface area contributed by atoms with E-state index in [4.69, 9.17) is 4.42 Å². The third kappa shape index (κ3) is 3.56. The molecule has 7 heteroatoms. The minimum absolute atomic E-state index is 0.112. The van der Waals surface area contributed by atoms with Gasteiger partial charge in [-0.15, -0.1) is 10.2 Å². The molecule has 2 rings (SSSR count). The summed E-state index contributed by atoms with van der Waals surface area (Å²) in [5, 5.41) is 9.61. The second-order valence-electron chi connectivity index (χ2n) is 3.59. The minimum Gasteiger partial charge on any atom is -0.419 e. The summed E-state index contributed by atoms with van der Waals surface area (Å²) in [6.45, 7) is -1.20. The van der Waals surface area contributed by atoms with Gasteiger partial charge < -0.3 is 9.73 Å². The molecular weight excluding hydrogens is 247 g/mol. The minimum atomic E-state index is -4.25. The second-order valence-corrected chi connectivity index (χ2v) is 3.59. The highest BCUT2D eigenvalue weighted by atomic mass is 19.4. The van der Waals surface area contributed by atoms with Crippen molar-refractivity contribution in [3.05, 3.63) is 36.2 Å². The van der Waals surface area contributed by atoms with Gasteiger partial charge in [-0.3, -0.25) is 0 Å². The van der Waals surface area contributed by atoms with Gasteiger partial charge in [-0.05, 0) is 12.1 Å². The van der Waals surface area contributed by atoms with Gasteiger partial charge in [0.15, 0.2) is 0 Å². The zero-order valence-electron chi connectivity index (χ0n) is 9.24. The number of benzene rings is 1. The van der Waals surface area contributed by atoms with Crippen LogP contribution in [-0.2, 0) is 6.54 Å². The van der Waals surface area contributed by atoms with E-state index in [0.717, 1.165) is 5.56 Å². The Morgan fingerprint density at radius 1 is 1.11 bits per heavy atom. The number of halogens is 3. The summed E-state index contributed by atoms with van der Waals surface area (Å²) < 4.78 is 40.9. The maximum Gasteiger partial charge on any atom is 0.401 e. The number of hydrogen-bond donors (Lipinski definition) is 1. The van der Waals surface area contributed by atoms with Crippen LogP contribution in [0.15, 0.2) is 34.7 Å². The Morgan fingerprint density at radius 2 is 1.83 bits per heavy atom. The molecule has 1 aromatic heterocycles. The van der Waals surface area contributed by atoms with Gasteiger partial charge >= 0.3 is 6.18 Å². The van der Waals surface area contributed by atoms with Crippen molar-refractivity contribution >= 4 is 0 Å². The van der Waals surface area contributed by atoms with E-state index in [0.29, 0.717) is 5.89 Å². The highest BCUT2D eigenvalue weighted by Gasteiger charge is 2.26. The lowest BCUT2D eigenvalue weighted by Crippen LogP contribution is -2.28. The largest absolute Gasteiger partial charge is 0.419 e. The Morgan fingerprint density at radius 3 is 2.50 bits per heavy atom. The van der Waals surface area contributed by atoms with Gasteiger partial charge in [0, 0.05) is 5.56 Å². The maximum absolute atomic E-state index is 11.9. The van der Waals surface area contributed by atoms with Crippen LogP contribution in [0.25, 0.3) is 11.5 Å². The zero-order chi connectivity index (χ0) is 13.0. The van der Waals surface area contributed by atoms with E-state index in [1.54, 1.807) is 24.3 Å². The smallest absolute Gasteiger partial charge is 0.401 e. The number of alkyl halides is 3. The molecule has 0 bridgehead atoms.